The average Bonchev–Trinajstić information content (AvgIpc) is 2.46. The molecular weight excluding hydrogens is 240 g/mol. The van der Waals surface area contributed by atoms with Crippen molar-refractivity contribution in [2.75, 3.05) is 43.6 Å². The van der Waals surface area contributed by atoms with Gasteiger partial charge in [-0.25, -0.2) is 4.98 Å². The molecule has 0 amide bonds. The van der Waals surface area contributed by atoms with Gasteiger partial charge in [0.1, 0.15) is 11.6 Å². The Hall–Kier alpha value is -1.36. The minimum atomic E-state index is 0.702. The molecule has 2 rings (SSSR count). The third kappa shape index (κ3) is 4.35. The summed E-state index contributed by atoms with van der Waals surface area (Å²) < 4.78 is 5.39. The van der Waals surface area contributed by atoms with Crippen LogP contribution >= 0.6 is 0 Å². The second kappa shape index (κ2) is 7.28. The number of hydrogen-bond donors (Lipinski definition) is 1. The van der Waals surface area contributed by atoms with Crippen LogP contribution in [0.5, 0.6) is 0 Å². The largest absolute Gasteiger partial charge is 0.381 e. The standard InChI is InChI=1S/C14H24N4O/c1-3-6-16-13-9-15-10-14(17-13)18(2)11-12-4-7-19-8-5-12/h9-10,12H,3-8,11H2,1-2H3,(H,16,17). The van der Waals surface area contributed by atoms with Gasteiger partial charge in [0.25, 0.3) is 0 Å². The van der Waals surface area contributed by atoms with Crippen molar-refractivity contribution in [1.82, 2.24) is 9.97 Å². The monoisotopic (exact) mass is 264 g/mol. The Morgan fingerprint density at radius 1 is 1.37 bits per heavy atom. The molecular formula is C14H24N4O. The molecule has 1 saturated heterocycles. The summed E-state index contributed by atoms with van der Waals surface area (Å²) in [5, 5.41) is 3.27. The van der Waals surface area contributed by atoms with Crippen molar-refractivity contribution in [3.63, 3.8) is 0 Å². The Bertz CT molecular complexity index is 379. The van der Waals surface area contributed by atoms with E-state index >= 15 is 0 Å². The summed E-state index contributed by atoms with van der Waals surface area (Å²) >= 11 is 0. The molecule has 5 nitrogen and oxygen atoms in total. The van der Waals surface area contributed by atoms with Crippen LogP contribution in [0.3, 0.4) is 0 Å². The van der Waals surface area contributed by atoms with Gasteiger partial charge in [0.05, 0.1) is 12.4 Å². The van der Waals surface area contributed by atoms with Crippen LogP contribution in [0.25, 0.3) is 0 Å². The normalized spacial score (nSPS) is 16.3. The highest BCUT2D eigenvalue weighted by atomic mass is 16.5. The number of aromatic nitrogens is 2. The van der Waals surface area contributed by atoms with E-state index in [0.717, 1.165) is 57.2 Å². The van der Waals surface area contributed by atoms with Gasteiger partial charge in [0.2, 0.25) is 0 Å². The van der Waals surface area contributed by atoms with E-state index in [9.17, 15) is 0 Å². The lowest BCUT2D eigenvalue weighted by molar-refractivity contribution is 0.0685. The summed E-state index contributed by atoms with van der Waals surface area (Å²) in [5.74, 6) is 2.50. The van der Waals surface area contributed by atoms with Gasteiger partial charge in [0.15, 0.2) is 0 Å². The first-order chi connectivity index (χ1) is 9.29. The van der Waals surface area contributed by atoms with Crippen molar-refractivity contribution in [3.05, 3.63) is 12.4 Å². The highest BCUT2D eigenvalue weighted by molar-refractivity contribution is 5.43. The van der Waals surface area contributed by atoms with Crippen molar-refractivity contribution in [1.29, 1.82) is 0 Å². The Morgan fingerprint density at radius 2 is 2.16 bits per heavy atom. The summed E-state index contributed by atoms with van der Waals surface area (Å²) in [4.78, 5) is 11.1. The number of nitrogens with one attached hydrogen (secondary N) is 1. The van der Waals surface area contributed by atoms with Crippen LogP contribution in [0, 0.1) is 5.92 Å². The van der Waals surface area contributed by atoms with E-state index in [1.54, 1.807) is 6.20 Å². The predicted molar refractivity (Wildman–Crippen MR) is 77.6 cm³/mol. The number of ether oxygens (including phenoxy) is 1. The maximum absolute atomic E-state index is 5.39. The Labute approximate surface area is 115 Å². The molecule has 1 aliphatic rings. The predicted octanol–water partition coefficient (Wildman–Crippen LogP) is 2.16. The third-order valence-electron chi connectivity index (χ3n) is 3.44. The average molecular weight is 264 g/mol. The van der Waals surface area contributed by atoms with E-state index < -0.39 is 0 Å². The lowest BCUT2D eigenvalue weighted by Gasteiger charge is -2.27. The number of hydrogen-bond acceptors (Lipinski definition) is 5. The Morgan fingerprint density at radius 3 is 2.89 bits per heavy atom. The van der Waals surface area contributed by atoms with Gasteiger partial charge in [-0.1, -0.05) is 6.92 Å². The maximum atomic E-state index is 5.39. The van der Waals surface area contributed by atoms with Gasteiger partial charge in [-0.3, -0.25) is 4.98 Å². The van der Waals surface area contributed by atoms with Crippen molar-refractivity contribution < 1.29 is 4.74 Å². The maximum Gasteiger partial charge on any atom is 0.149 e. The molecule has 0 saturated carbocycles. The van der Waals surface area contributed by atoms with Crippen LogP contribution in [0.1, 0.15) is 26.2 Å². The van der Waals surface area contributed by atoms with Gasteiger partial charge in [-0.2, -0.15) is 0 Å². The molecule has 0 unspecified atom stereocenters. The first-order valence-electron chi connectivity index (χ1n) is 7.14. The fourth-order valence-electron chi connectivity index (χ4n) is 2.29. The molecule has 0 spiro atoms. The number of rotatable bonds is 6. The number of nitrogens with zero attached hydrogens (tertiary/aromatic N) is 3. The van der Waals surface area contributed by atoms with Crippen LogP contribution in [-0.2, 0) is 4.74 Å². The molecule has 0 atom stereocenters. The van der Waals surface area contributed by atoms with E-state index in [4.69, 9.17) is 4.74 Å². The smallest absolute Gasteiger partial charge is 0.149 e. The van der Waals surface area contributed by atoms with Crippen molar-refractivity contribution in [3.8, 4) is 0 Å². The lowest BCUT2D eigenvalue weighted by atomic mass is 10.00. The fourth-order valence-corrected chi connectivity index (χ4v) is 2.29. The second-order valence-electron chi connectivity index (χ2n) is 5.13. The molecule has 2 heterocycles. The van der Waals surface area contributed by atoms with Crippen molar-refractivity contribution >= 4 is 11.6 Å². The zero-order chi connectivity index (χ0) is 13.5. The first-order valence-corrected chi connectivity index (χ1v) is 7.14. The topological polar surface area (TPSA) is 50.3 Å². The molecule has 1 aromatic heterocycles. The van der Waals surface area contributed by atoms with E-state index in [1.165, 1.54) is 0 Å². The van der Waals surface area contributed by atoms with Crippen LogP contribution in [0.15, 0.2) is 12.4 Å². The molecule has 0 bridgehead atoms. The lowest BCUT2D eigenvalue weighted by Crippen LogP contribution is -2.30. The second-order valence-corrected chi connectivity index (χ2v) is 5.13. The minimum absolute atomic E-state index is 0.702. The highest BCUT2D eigenvalue weighted by Crippen LogP contribution is 2.19. The van der Waals surface area contributed by atoms with Crippen molar-refractivity contribution in [2.24, 2.45) is 5.92 Å². The quantitative estimate of drug-likeness (QED) is 0.853. The zero-order valence-electron chi connectivity index (χ0n) is 11.9. The highest BCUT2D eigenvalue weighted by Gasteiger charge is 2.16. The summed E-state index contributed by atoms with van der Waals surface area (Å²) in [7, 11) is 2.09. The summed E-state index contributed by atoms with van der Waals surface area (Å²) in [6, 6.07) is 0. The van der Waals surface area contributed by atoms with Gasteiger partial charge in [-0.15, -0.1) is 0 Å². The van der Waals surface area contributed by atoms with Gasteiger partial charge in [0, 0.05) is 33.4 Å². The fraction of sp³-hybridized carbons (Fsp3) is 0.714. The molecule has 1 N–H and O–H groups in total. The van der Waals surface area contributed by atoms with Crippen LogP contribution in [0.2, 0.25) is 0 Å². The van der Waals surface area contributed by atoms with Crippen LogP contribution in [-0.4, -0.2) is 43.3 Å². The molecule has 106 valence electrons. The molecule has 1 aromatic rings. The van der Waals surface area contributed by atoms with Crippen LogP contribution in [0.4, 0.5) is 11.6 Å². The first kappa shape index (κ1) is 14.1. The molecule has 5 heteroatoms. The van der Waals surface area contributed by atoms with E-state index in [-0.39, 0.29) is 0 Å². The third-order valence-corrected chi connectivity index (χ3v) is 3.44. The van der Waals surface area contributed by atoms with E-state index in [0.29, 0.717) is 5.92 Å². The Balaban J connectivity index is 1.91. The molecule has 19 heavy (non-hydrogen) atoms. The molecule has 0 aromatic carbocycles. The van der Waals surface area contributed by atoms with E-state index in [2.05, 4.69) is 34.2 Å². The summed E-state index contributed by atoms with van der Waals surface area (Å²) in [6.07, 6.45) is 6.98. The van der Waals surface area contributed by atoms with E-state index in [1.807, 2.05) is 6.20 Å². The molecule has 0 aliphatic carbocycles. The molecule has 1 fully saturated rings. The SMILES string of the molecule is CCCNc1cncc(N(C)CC2CCOCC2)n1. The zero-order valence-corrected chi connectivity index (χ0v) is 11.9. The minimum Gasteiger partial charge on any atom is -0.381 e. The van der Waals surface area contributed by atoms with Crippen molar-refractivity contribution in [2.45, 2.75) is 26.2 Å². The van der Waals surface area contributed by atoms with Crippen LogP contribution < -0.4 is 10.2 Å². The summed E-state index contributed by atoms with van der Waals surface area (Å²) in [5.41, 5.74) is 0. The summed E-state index contributed by atoms with van der Waals surface area (Å²) in [6.45, 7) is 5.88. The number of anilines is 2. The Kier molecular flexibility index (Phi) is 5.39. The van der Waals surface area contributed by atoms with Gasteiger partial charge in [-0.05, 0) is 25.2 Å². The van der Waals surface area contributed by atoms with Gasteiger partial charge < -0.3 is 15.0 Å². The van der Waals surface area contributed by atoms with Gasteiger partial charge >= 0.3 is 0 Å². The molecule has 1 aliphatic heterocycles. The molecule has 0 radical (unpaired) electrons.